The molecule has 0 spiro atoms. The molecule has 1 unspecified atom stereocenters. The predicted octanol–water partition coefficient (Wildman–Crippen LogP) is 3.53. The molecule has 2 fully saturated rings. The lowest BCUT2D eigenvalue weighted by Crippen LogP contribution is -2.36. The number of aromatic amines is 1. The molecule has 3 heterocycles. The largest absolute Gasteiger partial charge is 0.379 e. The van der Waals surface area contributed by atoms with E-state index >= 15 is 0 Å². The fourth-order valence-corrected chi connectivity index (χ4v) is 4.70. The summed E-state index contributed by atoms with van der Waals surface area (Å²) in [6.45, 7) is 7.39. The number of anilines is 1. The van der Waals surface area contributed by atoms with Gasteiger partial charge >= 0.3 is 0 Å². The third-order valence-corrected chi connectivity index (χ3v) is 7.29. The van der Waals surface area contributed by atoms with E-state index in [1.54, 1.807) is 6.08 Å². The molecule has 2 aromatic rings. The Morgan fingerprint density at radius 2 is 1.97 bits per heavy atom. The van der Waals surface area contributed by atoms with Crippen LogP contribution in [-0.4, -0.2) is 77.7 Å². The second-order valence-corrected chi connectivity index (χ2v) is 9.89. The Labute approximate surface area is 212 Å². The Morgan fingerprint density at radius 1 is 1.19 bits per heavy atom. The number of amides is 2. The SMILES string of the molecule is CC(C(=O)Nc1cc(C2CC2)[nH]n1)c1ccc(C2=CCN(C(=O)C=CCN3CCOCC3)CC2)cc1. The van der Waals surface area contributed by atoms with E-state index in [1.807, 2.05) is 36.1 Å². The van der Waals surface area contributed by atoms with Gasteiger partial charge in [0, 0.05) is 56.5 Å². The first kappa shape index (κ1) is 24.5. The van der Waals surface area contributed by atoms with Crippen LogP contribution in [0, 0.1) is 0 Å². The average Bonchev–Trinajstić information content (AvgIpc) is 3.67. The van der Waals surface area contributed by atoms with Gasteiger partial charge in [-0.25, -0.2) is 0 Å². The third kappa shape index (κ3) is 6.12. The fourth-order valence-electron chi connectivity index (χ4n) is 4.70. The van der Waals surface area contributed by atoms with Crippen molar-refractivity contribution in [2.24, 2.45) is 0 Å². The van der Waals surface area contributed by atoms with Gasteiger partial charge in [0.2, 0.25) is 11.8 Å². The Morgan fingerprint density at radius 3 is 2.67 bits per heavy atom. The van der Waals surface area contributed by atoms with E-state index in [2.05, 4.69) is 38.6 Å². The summed E-state index contributed by atoms with van der Waals surface area (Å²) < 4.78 is 5.36. The number of nitrogens with one attached hydrogen (secondary N) is 2. The first-order chi connectivity index (χ1) is 17.6. The van der Waals surface area contributed by atoms with Crippen LogP contribution in [-0.2, 0) is 14.3 Å². The maximum atomic E-state index is 12.7. The molecule has 8 heteroatoms. The van der Waals surface area contributed by atoms with Gasteiger partial charge in [0.25, 0.3) is 0 Å². The molecule has 36 heavy (non-hydrogen) atoms. The number of ether oxygens (including phenoxy) is 1. The zero-order valence-corrected chi connectivity index (χ0v) is 20.9. The van der Waals surface area contributed by atoms with E-state index in [-0.39, 0.29) is 17.7 Å². The lowest BCUT2D eigenvalue weighted by atomic mass is 9.94. The van der Waals surface area contributed by atoms with Crippen molar-refractivity contribution in [3.8, 4) is 0 Å². The Balaban J connectivity index is 1.11. The van der Waals surface area contributed by atoms with E-state index in [0.717, 1.165) is 56.1 Å². The number of rotatable bonds is 8. The maximum Gasteiger partial charge on any atom is 0.246 e. The molecule has 0 bridgehead atoms. The van der Waals surface area contributed by atoms with Crippen LogP contribution in [0.5, 0.6) is 0 Å². The zero-order valence-electron chi connectivity index (χ0n) is 20.9. The van der Waals surface area contributed by atoms with Gasteiger partial charge in [0.05, 0.1) is 19.1 Å². The third-order valence-electron chi connectivity index (χ3n) is 7.29. The van der Waals surface area contributed by atoms with Crippen molar-refractivity contribution < 1.29 is 14.3 Å². The Bertz CT molecular complexity index is 1130. The lowest BCUT2D eigenvalue weighted by Gasteiger charge is -2.26. The highest BCUT2D eigenvalue weighted by atomic mass is 16.5. The van der Waals surface area contributed by atoms with E-state index in [0.29, 0.717) is 24.8 Å². The molecule has 3 aliphatic rings. The van der Waals surface area contributed by atoms with Crippen LogP contribution in [0.1, 0.15) is 54.8 Å². The molecule has 1 saturated carbocycles. The molecule has 1 aliphatic carbocycles. The fraction of sp³-hybridized carbons (Fsp3) is 0.464. The van der Waals surface area contributed by atoms with Crippen LogP contribution in [0.25, 0.3) is 5.57 Å². The number of nitrogens with zero attached hydrogens (tertiary/aromatic N) is 3. The maximum absolute atomic E-state index is 12.7. The van der Waals surface area contributed by atoms with Crippen LogP contribution in [0.15, 0.2) is 48.6 Å². The minimum Gasteiger partial charge on any atom is -0.379 e. The molecule has 2 aliphatic heterocycles. The predicted molar refractivity (Wildman–Crippen MR) is 140 cm³/mol. The second-order valence-electron chi connectivity index (χ2n) is 9.89. The number of hydrogen-bond donors (Lipinski definition) is 2. The first-order valence-corrected chi connectivity index (χ1v) is 13.0. The normalized spacial score (nSPS) is 19.8. The summed E-state index contributed by atoms with van der Waals surface area (Å²) in [6.07, 6.45) is 9.00. The van der Waals surface area contributed by atoms with Crippen molar-refractivity contribution >= 4 is 23.2 Å². The number of carbonyl (C=O) groups excluding carboxylic acids is 2. The van der Waals surface area contributed by atoms with E-state index in [9.17, 15) is 9.59 Å². The molecule has 1 aromatic heterocycles. The van der Waals surface area contributed by atoms with Crippen molar-refractivity contribution in [3.63, 3.8) is 0 Å². The van der Waals surface area contributed by atoms with Gasteiger partial charge in [0.1, 0.15) is 0 Å². The number of carbonyl (C=O) groups is 2. The number of hydrogen-bond acceptors (Lipinski definition) is 5. The zero-order chi connectivity index (χ0) is 24.9. The van der Waals surface area contributed by atoms with Crippen LogP contribution in [0.4, 0.5) is 5.82 Å². The quantitative estimate of drug-likeness (QED) is 0.554. The molecule has 0 radical (unpaired) electrons. The van der Waals surface area contributed by atoms with Crippen molar-refractivity contribution in [1.29, 1.82) is 0 Å². The molecule has 190 valence electrons. The molecule has 1 atom stereocenters. The van der Waals surface area contributed by atoms with Crippen LogP contribution >= 0.6 is 0 Å². The lowest BCUT2D eigenvalue weighted by molar-refractivity contribution is -0.125. The van der Waals surface area contributed by atoms with Crippen LogP contribution in [0.2, 0.25) is 0 Å². The molecular weight excluding hydrogens is 454 g/mol. The standard InChI is InChI=1S/C28H35N5O3/c1-20(28(35)29-26-19-25(30-31-26)24-8-9-24)21-4-6-22(7-5-21)23-10-13-33(14-11-23)27(34)3-2-12-32-15-17-36-18-16-32/h2-7,10,19-20,24H,8-9,11-18H2,1H3,(H2,29,30,31,35). The summed E-state index contributed by atoms with van der Waals surface area (Å²) >= 11 is 0. The van der Waals surface area contributed by atoms with Crippen molar-refractivity contribution in [1.82, 2.24) is 20.0 Å². The highest BCUT2D eigenvalue weighted by Gasteiger charge is 2.26. The van der Waals surface area contributed by atoms with Crippen molar-refractivity contribution in [2.45, 2.75) is 38.0 Å². The van der Waals surface area contributed by atoms with Gasteiger partial charge < -0.3 is 15.0 Å². The van der Waals surface area contributed by atoms with Gasteiger partial charge in [-0.15, -0.1) is 0 Å². The summed E-state index contributed by atoms with van der Waals surface area (Å²) in [4.78, 5) is 29.5. The van der Waals surface area contributed by atoms with E-state index in [4.69, 9.17) is 4.74 Å². The summed E-state index contributed by atoms with van der Waals surface area (Å²) in [5, 5.41) is 10.2. The molecule has 2 N–H and O–H groups in total. The van der Waals surface area contributed by atoms with Gasteiger partial charge in [-0.3, -0.25) is 19.6 Å². The van der Waals surface area contributed by atoms with E-state index < -0.39 is 0 Å². The van der Waals surface area contributed by atoms with Gasteiger partial charge in [-0.1, -0.05) is 36.4 Å². The van der Waals surface area contributed by atoms with Gasteiger partial charge in [-0.05, 0) is 42.9 Å². The highest BCUT2D eigenvalue weighted by Crippen LogP contribution is 2.39. The minimum absolute atomic E-state index is 0.0647. The number of morpholine rings is 1. The van der Waals surface area contributed by atoms with Gasteiger partial charge in [-0.2, -0.15) is 5.10 Å². The summed E-state index contributed by atoms with van der Waals surface area (Å²) in [7, 11) is 0. The smallest absolute Gasteiger partial charge is 0.246 e. The molecule has 2 amide bonds. The number of aromatic nitrogens is 2. The second kappa shape index (κ2) is 11.2. The topological polar surface area (TPSA) is 90.6 Å². The van der Waals surface area contributed by atoms with Crippen LogP contribution in [0.3, 0.4) is 0 Å². The highest BCUT2D eigenvalue weighted by molar-refractivity contribution is 5.95. The Hall–Kier alpha value is -3.23. The Kier molecular flexibility index (Phi) is 7.63. The van der Waals surface area contributed by atoms with E-state index in [1.165, 1.54) is 18.4 Å². The first-order valence-electron chi connectivity index (χ1n) is 13.0. The van der Waals surface area contributed by atoms with Gasteiger partial charge in [0.15, 0.2) is 5.82 Å². The van der Waals surface area contributed by atoms with Crippen LogP contribution < -0.4 is 5.32 Å². The number of H-pyrrole nitrogens is 1. The number of benzene rings is 1. The molecule has 1 aromatic carbocycles. The monoisotopic (exact) mass is 489 g/mol. The molecule has 1 saturated heterocycles. The summed E-state index contributed by atoms with van der Waals surface area (Å²) in [6, 6.07) is 10.1. The molecule has 8 nitrogen and oxygen atoms in total. The van der Waals surface area contributed by atoms with Crippen molar-refractivity contribution in [3.05, 3.63) is 65.4 Å². The molecular formula is C28H35N5O3. The minimum atomic E-state index is -0.280. The van der Waals surface area contributed by atoms with Crippen molar-refractivity contribution in [2.75, 3.05) is 51.3 Å². The molecule has 5 rings (SSSR count). The summed E-state index contributed by atoms with van der Waals surface area (Å²) in [5.74, 6) is 0.883. The summed E-state index contributed by atoms with van der Waals surface area (Å²) in [5.41, 5.74) is 4.45. The average molecular weight is 490 g/mol.